The van der Waals surface area contributed by atoms with E-state index in [4.69, 9.17) is 15.2 Å². The van der Waals surface area contributed by atoms with Crippen LogP contribution < -0.4 is 15.4 Å². The molecule has 0 saturated carbocycles. The molecule has 0 aromatic heterocycles. The lowest BCUT2D eigenvalue weighted by molar-refractivity contribution is -0.142. The van der Waals surface area contributed by atoms with Crippen LogP contribution in [0.3, 0.4) is 0 Å². The SMILES string of the molecule is CC(C)CCOC(=O)CN1CC(C)Oc2cccc(N)c21. The van der Waals surface area contributed by atoms with Gasteiger partial charge in [-0.25, -0.2) is 0 Å². The smallest absolute Gasteiger partial charge is 0.325 e. The molecule has 2 N–H and O–H groups in total. The van der Waals surface area contributed by atoms with Gasteiger partial charge in [0.1, 0.15) is 24.1 Å². The minimum Gasteiger partial charge on any atom is -0.487 e. The maximum absolute atomic E-state index is 12.0. The van der Waals surface area contributed by atoms with Gasteiger partial charge in [0.15, 0.2) is 0 Å². The Morgan fingerprint density at radius 3 is 3.00 bits per heavy atom. The van der Waals surface area contributed by atoms with Crippen LogP contribution in [0, 0.1) is 5.92 Å². The second kappa shape index (κ2) is 6.70. The molecule has 1 heterocycles. The van der Waals surface area contributed by atoms with Gasteiger partial charge < -0.3 is 20.1 Å². The number of fused-ring (bicyclic) bond motifs is 1. The van der Waals surface area contributed by atoms with E-state index in [0.717, 1.165) is 17.9 Å². The van der Waals surface area contributed by atoms with Crippen LogP contribution in [0.4, 0.5) is 11.4 Å². The second-order valence-electron chi connectivity index (χ2n) is 5.91. The first kappa shape index (κ1) is 15.5. The van der Waals surface area contributed by atoms with Crippen molar-refractivity contribution in [2.45, 2.75) is 33.3 Å². The summed E-state index contributed by atoms with van der Waals surface area (Å²) in [6, 6.07) is 5.54. The van der Waals surface area contributed by atoms with Gasteiger partial charge in [-0.05, 0) is 31.4 Å². The van der Waals surface area contributed by atoms with Crippen LogP contribution in [0.5, 0.6) is 5.75 Å². The third-order valence-electron chi connectivity index (χ3n) is 3.43. The molecular formula is C16H24N2O3. The summed E-state index contributed by atoms with van der Waals surface area (Å²) in [6.07, 6.45) is 0.895. The van der Waals surface area contributed by atoms with Crippen molar-refractivity contribution in [1.82, 2.24) is 0 Å². The zero-order valence-electron chi connectivity index (χ0n) is 13.0. The first-order valence-corrected chi connectivity index (χ1v) is 7.43. The molecule has 1 aromatic rings. The monoisotopic (exact) mass is 292 g/mol. The Kier molecular flexibility index (Phi) is 4.94. The Bertz CT molecular complexity index is 502. The van der Waals surface area contributed by atoms with Crippen LogP contribution >= 0.6 is 0 Å². The molecule has 2 rings (SSSR count). The number of nitrogens with zero attached hydrogens (tertiary/aromatic N) is 1. The number of hydrogen-bond donors (Lipinski definition) is 1. The lowest BCUT2D eigenvalue weighted by Crippen LogP contribution is -2.42. The number of carbonyl (C=O) groups excluding carboxylic acids is 1. The fourth-order valence-electron chi connectivity index (χ4n) is 2.38. The van der Waals surface area contributed by atoms with E-state index in [2.05, 4.69) is 13.8 Å². The molecule has 0 bridgehead atoms. The average Bonchev–Trinajstić information content (AvgIpc) is 2.37. The number of ether oxygens (including phenoxy) is 2. The standard InChI is InChI=1S/C16H24N2O3/c1-11(2)7-8-20-15(19)10-18-9-12(3)21-14-6-4-5-13(17)16(14)18/h4-6,11-12H,7-10,17H2,1-3H3. The van der Waals surface area contributed by atoms with E-state index in [9.17, 15) is 4.79 Å². The summed E-state index contributed by atoms with van der Waals surface area (Å²) in [4.78, 5) is 13.9. The van der Waals surface area contributed by atoms with Crippen LogP contribution in [0.15, 0.2) is 18.2 Å². The molecule has 0 fully saturated rings. The first-order valence-electron chi connectivity index (χ1n) is 7.43. The molecule has 0 aliphatic carbocycles. The number of esters is 1. The summed E-state index contributed by atoms with van der Waals surface area (Å²) in [6.45, 7) is 7.48. The number of rotatable bonds is 5. The molecule has 1 atom stereocenters. The lowest BCUT2D eigenvalue weighted by Gasteiger charge is -2.35. The van der Waals surface area contributed by atoms with Gasteiger partial charge >= 0.3 is 5.97 Å². The minimum atomic E-state index is -0.223. The van der Waals surface area contributed by atoms with Gasteiger partial charge in [0, 0.05) is 0 Å². The molecular weight excluding hydrogens is 268 g/mol. The number of benzene rings is 1. The predicted molar refractivity (Wildman–Crippen MR) is 83.6 cm³/mol. The fraction of sp³-hybridized carbons (Fsp3) is 0.562. The molecule has 0 amide bonds. The summed E-state index contributed by atoms with van der Waals surface area (Å²) in [7, 11) is 0. The third-order valence-corrected chi connectivity index (χ3v) is 3.43. The topological polar surface area (TPSA) is 64.8 Å². The summed E-state index contributed by atoms with van der Waals surface area (Å²) in [5, 5.41) is 0. The van der Waals surface area contributed by atoms with E-state index < -0.39 is 0 Å². The third kappa shape index (κ3) is 4.03. The van der Waals surface area contributed by atoms with Crippen molar-refractivity contribution in [3.05, 3.63) is 18.2 Å². The van der Waals surface area contributed by atoms with E-state index in [-0.39, 0.29) is 18.6 Å². The van der Waals surface area contributed by atoms with Crippen LogP contribution in [-0.2, 0) is 9.53 Å². The highest BCUT2D eigenvalue weighted by atomic mass is 16.5. The molecule has 1 aliphatic heterocycles. The lowest BCUT2D eigenvalue weighted by atomic mass is 10.1. The maximum atomic E-state index is 12.0. The van der Waals surface area contributed by atoms with Gasteiger partial charge in [-0.1, -0.05) is 19.9 Å². The molecule has 0 spiro atoms. The number of carbonyl (C=O) groups is 1. The molecule has 21 heavy (non-hydrogen) atoms. The number of anilines is 2. The fourth-order valence-corrected chi connectivity index (χ4v) is 2.38. The van der Waals surface area contributed by atoms with Crippen molar-refractivity contribution < 1.29 is 14.3 Å². The van der Waals surface area contributed by atoms with Gasteiger partial charge in [0.05, 0.1) is 18.8 Å². The normalized spacial score (nSPS) is 17.3. The Morgan fingerprint density at radius 1 is 1.52 bits per heavy atom. The van der Waals surface area contributed by atoms with Gasteiger partial charge in [0.25, 0.3) is 0 Å². The van der Waals surface area contributed by atoms with Gasteiger partial charge in [-0.2, -0.15) is 0 Å². The van der Waals surface area contributed by atoms with Crippen molar-refractivity contribution in [3.8, 4) is 5.75 Å². The van der Waals surface area contributed by atoms with Crippen LogP contribution in [0.2, 0.25) is 0 Å². The quantitative estimate of drug-likeness (QED) is 0.667. The molecule has 116 valence electrons. The van der Waals surface area contributed by atoms with Crippen molar-refractivity contribution >= 4 is 17.3 Å². The Morgan fingerprint density at radius 2 is 2.29 bits per heavy atom. The molecule has 1 aromatic carbocycles. The van der Waals surface area contributed by atoms with Gasteiger partial charge in [0.2, 0.25) is 0 Å². The number of nitrogen functional groups attached to an aromatic ring is 1. The summed E-state index contributed by atoms with van der Waals surface area (Å²) >= 11 is 0. The Hall–Kier alpha value is -1.91. The van der Waals surface area contributed by atoms with E-state index in [0.29, 0.717) is 24.8 Å². The summed E-state index contributed by atoms with van der Waals surface area (Å²) in [5.41, 5.74) is 7.43. The second-order valence-corrected chi connectivity index (χ2v) is 5.91. The first-order chi connectivity index (χ1) is 9.97. The highest BCUT2D eigenvalue weighted by Crippen LogP contribution is 2.37. The van der Waals surface area contributed by atoms with Crippen LogP contribution in [-0.4, -0.2) is 31.8 Å². The number of nitrogens with two attached hydrogens (primary N) is 1. The Balaban J connectivity index is 2.02. The van der Waals surface area contributed by atoms with Crippen LogP contribution in [0.1, 0.15) is 27.2 Å². The summed E-state index contributed by atoms with van der Waals surface area (Å²) < 4.78 is 11.0. The zero-order valence-corrected chi connectivity index (χ0v) is 13.0. The zero-order chi connectivity index (χ0) is 15.4. The van der Waals surface area contributed by atoms with Gasteiger partial charge in [-0.3, -0.25) is 4.79 Å². The van der Waals surface area contributed by atoms with E-state index >= 15 is 0 Å². The highest BCUT2D eigenvalue weighted by Gasteiger charge is 2.26. The van der Waals surface area contributed by atoms with Crippen LogP contribution in [0.25, 0.3) is 0 Å². The molecule has 1 aliphatic rings. The molecule has 5 heteroatoms. The van der Waals surface area contributed by atoms with E-state index in [1.807, 2.05) is 30.0 Å². The average molecular weight is 292 g/mol. The van der Waals surface area contributed by atoms with E-state index in [1.54, 1.807) is 0 Å². The molecule has 1 unspecified atom stereocenters. The predicted octanol–water partition coefficient (Wildman–Crippen LogP) is 2.45. The largest absolute Gasteiger partial charge is 0.487 e. The molecule has 5 nitrogen and oxygen atoms in total. The molecule has 0 radical (unpaired) electrons. The van der Waals surface area contributed by atoms with Crippen molar-refractivity contribution in [3.63, 3.8) is 0 Å². The Labute approximate surface area is 126 Å². The number of para-hydroxylation sites is 1. The van der Waals surface area contributed by atoms with Gasteiger partial charge in [-0.15, -0.1) is 0 Å². The van der Waals surface area contributed by atoms with E-state index in [1.165, 1.54) is 0 Å². The highest BCUT2D eigenvalue weighted by molar-refractivity contribution is 5.82. The summed E-state index contributed by atoms with van der Waals surface area (Å²) in [5.74, 6) is 1.03. The maximum Gasteiger partial charge on any atom is 0.325 e. The van der Waals surface area contributed by atoms with Crippen molar-refractivity contribution in [2.75, 3.05) is 30.3 Å². The number of hydrogen-bond acceptors (Lipinski definition) is 5. The molecule has 0 saturated heterocycles. The minimum absolute atomic E-state index is 0.0164. The van der Waals surface area contributed by atoms with Crippen molar-refractivity contribution in [1.29, 1.82) is 0 Å². The van der Waals surface area contributed by atoms with Crippen molar-refractivity contribution in [2.24, 2.45) is 5.92 Å².